The van der Waals surface area contributed by atoms with E-state index >= 15 is 0 Å². The summed E-state index contributed by atoms with van der Waals surface area (Å²) >= 11 is 0. The maximum absolute atomic E-state index is 13.7. The number of benzene rings is 4. The molecule has 4 aromatic rings. The molecule has 0 radical (unpaired) electrons. The molecule has 2 saturated heterocycles. The second-order valence-corrected chi connectivity index (χ2v) is 10.4. The zero-order valence-corrected chi connectivity index (χ0v) is 22.0. The molecule has 2 fully saturated rings. The molecule has 39 heavy (non-hydrogen) atoms. The summed E-state index contributed by atoms with van der Waals surface area (Å²) in [5, 5.41) is 0. The summed E-state index contributed by atoms with van der Waals surface area (Å²) in [5.74, 6) is 0.0132. The van der Waals surface area contributed by atoms with E-state index in [1.165, 1.54) is 0 Å². The molecule has 1 spiro atoms. The number of nitrogens with zero attached hydrogens (tertiary/aromatic N) is 1. The van der Waals surface area contributed by atoms with Crippen LogP contribution in [0.5, 0.6) is 0 Å². The topological polar surface area (TPSA) is 38.8 Å². The van der Waals surface area contributed by atoms with Crippen molar-refractivity contribution in [2.24, 2.45) is 0 Å². The van der Waals surface area contributed by atoms with Crippen molar-refractivity contribution in [2.75, 3.05) is 13.2 Å². The van der Waals surface area contributed by atoms with Gasteiger partial charge in [0.15, 0.2) is 5.60 Å². The smallest absolute Gasteiger partial charge is 0.259 e. The Bertz CT molecular complexity index is 1330. The van der Waals surface area contributed by atoms with Gasteiger partial charge < -0.3 is 14.4 Å². The molecule has 0 saturated carbocycles. The summed E-state index contributed by atoms with van der Waals surface area (Å²) in [7, 11) is 0. The molecule has 0 bridgehead atoms. The lowest BCUT2D eigenvalue weighted by Gasteiger charge is -2.37. The molecule has 0 unspecified atom stereocenters. The number of carbonyl (C=O) groups is 1. The largest absolute Gasteiger partial charge is 0.358 e. The minimum Gasteiger partial charge on any atom is -0.358 e. The Morgan fingerprint density at radius 3 is 1.79 bits per heavy atom. The maximum atomic E-state index is 13.7. The Hall–Kier alpha value is -3.99. The minimum atomic E-state index is -0.961. The van der Waals surface area contributed by atoms with Gasteiger partial charge in [-0.3, -0.25) is 4.79 Å². The van der Waals surface area contributed by atoms with Gasteiger partial charge in [0.25, 0.3) is 5.91 Å². The first-order valence-electron chi connectivity index (χ1n) is 13.6. The van der Waals surface area contributed by atoms with Gasteiger partial charge in [-0.05, 0) is 40.7 Å². The second-order valence-electron chi connectivity index (χ2n) is 10.4. The van der Waals surface area contributed by atoms with Crippen molar-refractivity contribution in [3.8, 4) is 0 Å². The van der Waals surface area contributed by atoms with Gasteiger partial charge in [-0.1, -0.05) is 128 Å². The SMILES string of the molecule is C=C1CN(Cc2ccccc2)C(=O)[C@]12CC[C@@H](COC(c1ccccc1)(c1ccccc1)c1ccccc1)O2. The fourth-order valence-corrected chi connectivity index (χ4v) is 6.06. The Morgan fingerprint density at radius 2 is 1.28 bits per heavy atom. The first-order chi connectivity index (χ1) is 19.1. The predicted molar refractivity (Wildman–Crippen MR) is 153 cm³/mol. The van der Waals surface area contributed by atoms with E-state index in [1.807, 2.05) is 89.8 Å². The van der Waals surface area contributed by atoms with E-state index in [0.29, 0.717) is 26.1 Å². The van der Waals surface area contributed by atoms with Gasteiger partial charge in [0.2, 0.25) is 0 Å². The Kier molecular flexibility index (Phi) is 6.90. The second kappa shape index (κ2) is 10.6. The van der Waals surface area contributed by atoms with Crippen LogP contribution >= 0.6 is 0 Å². The first-order valence-corrected chi connectivity index (χ1v) is 13.6. The van der Waals surface area contributed by atoms with Gasteiger partial charge in [0.1, 0.15) is 5.60 Å². The average molecular weight is 516 g/mol. The third-order valence-electron chi connectivity index (χ3n) is 8.01. The molecule has 2 heterocycles. The zero-order valence-electron chi connectivity index (χ0n) is 22.0. The number of likely N-dealkylation sites (tertiary alicyclic amines) is 1. The normalized spacial score (nSPS) is 21.1. The van der Waals surface area contributed by atoms with Crippen molar-refractivity contribution in [1.29, 1.82) is 0 Å². The molecule has 2 aliphatic rings. The molecule has 0 N–H and O–H groups in total. The molecule has 4 heteroatoms. The summed E-state index contributed by atoms with van der Waals surface area (Å²) in [6.45, 7) is 5.71. The molecule has 4 aromatic carbocycles. The molecule has 1 amide bonds. The van der Waals surface area contributed by atoms with Gasteiger partial charge in [0, 0.05) is 13.1 Å². The van der Waals surface area contributed by atoms with Crippen LogP contribution in [-0.2, 0) is 26.4 Å². The van der Waals surface area contributed by atoms with E-state index in [2.05, 4.69) is 43.0 Å². The van der Waals surface area contributed by atoms with Crippen LogP contribution in [0.25, 0.3) is 0 Å². The van der Waals surface area contributed by atoms with Crippen LogP contribution in [-0.4, -0.2) is 35.7 Å². The van der Waals surface area contributed by atoms with Crippen molar-refractivity contribution < 1.29 is 14.3 Å². The Labute approximate surface area is 230 Å². The highest BCUT2D eigenvalue weighted by Gasteiger charge is 2.55. The molecule has 2 atom stereocenters. The highest BCUT2D eigenvalue weighted by Crippen LogP contribution is 2.45. The Morgan fingerprint density at radius 1 is 0.795 bits per heavy atom. The van der Waals surface area contributed by atoms with Gasteiger partial charge in [-0.25, -0.2) is 0 Å². The average Bonchev–Trinajstić information content (AvgIpc) is 3.53. The summed E-state index contributed by atoms with van der Waals surface area (Å²) in [6, 6.07) is 41.1. The quantitative estimate of drug-likeness (QED) is 0.198. The lowest BCUT2D eigenvalue weighted by Crippen LogP contribution is -2.41. The third-order valence-corrected chi connectivity index (χ3v) is 8.01. The third kappa shape index (κ3) is 4.60. The number of carbonyl (C=O) groups excluding carboxylic acids is 1. The fraction of sp³-hybridized carbons (Fsp3) is 0.229. The summed E-state index contributed by atoms with van der Waals surface area (Å²) in [6.07, 6.45) is 1.13. The van der Waals surface area contributed by atoms with Crippen LogP contribution in [0.15, 0.2) is 133 Å². The van der Waals surface area contributed by atoms with Crippen molar-refractivity contribution in [2.45, 2.75) is 36.7 Å². The van der Waals surface area contributed by atoms with E-state index in [0.717, 1.165) is 34.2 Å². The molecular formula is C35H33NO3. The van der Waals surface area contributed by atoms with Crippen LogP contribution in [0.2, 0.25) is 0 Å². The number of amides is 1. The van der Waals surface area contributed by atoms with Crippen LogP contribution in [0.4, 0.5) is 0 Å². The van der Waals surface area contributed by atoms with E-state index in [1.54, 1.807) is 0 Å². The number of hydrogen-bond acceptors (Lipinski definition) is 3. The molecule has 0 aliphatic carbocycles. The maximum Gasteiger partial charge on any atom is 0.259 e. The molecule has 0 aromatic heterocycles. The van der Waals surface area contributed by atoms with Crippen LogP contribution in [0.1, 0.15) is 35.1 Å². The molecule has 6 rings (SSSR count). The van der Waals surface area contributed by atoms with E-state index < -0.39 is 11.2 Å². The van der Waals surface area contributed by atoms with E-state index in [-0.39, 0.29) is 12.0 Å². The standard InChI is InChI=1S/C35H33NO3/c1-27-24-36(25-28-14-6-2-7-15-28)33(37)34(27)23-22-32(39-34)26-38-35(29-16-8-3-9-17-29,30-18-10-4-11-19-30)31-20-12-5-13-21-31/h2-21,32H,1,22-26H2/t32-,34-/m0/s1. The van der Waals surface area contributed by atoms with Crippen molar-refractivity contribution >= 4 is 5.91 Å². The molecule has 2 aliphatic heterocycles. The lowest BCUT2D eigenvalue weighted by atomic mass is 9.80. The Balaban J connectivity index is 1.27. The van der Waals surface area contributed by atoms with Crippen molar-refractivity contribution in [3.05, 3.63) is 156 Å². The summed E-state index contributed by atoms with van der Waals surface area (Å²) in [4.78, 5) is 15.5. The minimum absolute atomic E-state index is 0.0132. The van der Waals surface area contributed by atoms with Crippen molar-refractivity contribution in [1.82, 2.24) is 4.90 Å². The van der Waals surface area contributed by atoms with Gasteiger partial charge in [-0.15, -0.1) is 0 Å². The molecular weight excluding hydrogens is 482 g/mol. The first kappa shape index (κ1) is 25.3. The summed E-state index contributed by atoms with van der Waals surface area (Å²) in [5.41, 5.74) is 3.30. The van der Waals surface area contributed by atoms with Gasteiger partial charge >= 0.3 is 0 Å². The summed E-state index contributed by atoms with van der Waals surface area (Å²) < 4.78 is 13.6. The van der Waals surface area contributed by atoms with Crippen molar-refractivity contribution in [3.63, 3.8) is 0 Å². The number of rotatable bonds is 8. The fourth-order valence-electron chi connectivity index (χ4n) is 6.06. The van der Waals surface area contributed by atoms with Crippen LogP contribution in [0.3, 0.4) is 0 Å². The predicted octanol–water partition coefficient (Wildman–Crippen LogP) is 6.51. The van der Waals surface area contributed by atoms with Crippen LogP contribution < -0.4 is 0 Å². The van der Waals surface area contributed by atoms with E-state index in [4.69, 9.17) is 9.47 Å². The monoisotopic (exact) mass is 515 g/mol. The van der Waals surface area contributed by atoms with Crippen LogP contribution in [0, 0.1) is 0 Å². The molecule has 4 nitrogen and oxygen atoms in total. The van der Waals surface area contributed by atoms with E-state index in [9.17, 15) is 4.79 Å². The number of hydrogen-bond donors (Lipinski definition) is 0. The van der Waals surface area contributed by atoms with Gasteiger partial charge in [0.05, 0.1) is 12.7 Å². The van der Waals surface area contributed by atoms with Gasteiger partial charge in [-0.2, -0.15) is 0 Å². The zero-order chi connectivity index (χ0) is 26.7. The highest BCUT2D eigenvalue weighted by molar-refractivity contribution is 5.92. The highest BCUT2D eigenvalue weighted by atomic mass is 16.6. The lowest BCUT2D eigenvalue weighted by molar-refractivity contribution is -0.149. The molecule has 196 valence electrons. The number of ether oxygens (including phenoxy) is 2.